The average Bonchev–Trinajstić information content (AvgIpc) is 3.54. The fraction of sp³-hybridized carbons (Fsp3) is 0.360. The first-order chi connectivity index (χ1) is 15.8. The molecular weight excluding hydrogens is 424 g/mol. The zero-order valence-corrected chi connectivity index (χ0v) is 19.1. The van der Waals surface area contributed by atoms with Gasteiger partial charge in [0.05, 0.1) is 12.8 Å². The second kappa shape index (κ2) is 9.71. The van der Waals surface area contributed by atoms with Gasteiger partial charge in [0, 0.05) is 50.8 Å². The van der Waals surface area contributed by atoms with Crippen LogP contribution in [-0.2, 0) is 0 Å². The highest BCUT2D eigenvalue weighted by Crippen LogP contribution is 2.37. The van der Waals surface area contributed by atoms with Crippen molar-refractivity contribution in [2.45, 2.75) is 12.5 Å². The zero-order chi connectivity index (χ0) is 21.8. The SMILES string of the molecule is COc1ccccc1N1CCN(CCC(Oc2ccc3c(c2)OCO3)c2ccsc2)CC1. The maximum Gasteiger partial charge on any atom is 0.231 e. The van der Waals surface area contributed by atoms with Gasteiger partial charge >= 0.3 is 0 Å². The number of anilines is 1. The number of ether oxygens (including phenoxy) is 4. The molecule has 1 saturated heterocycles. The highest BCUT2D eigenvalue weighted by atomic mass is 32.1. The summed E-state index contributed by atoms with van der Waals surface area (Å²) < 4.78 is 22.9. The summed E-state index contributed by atoms with van der Waals surface area (Å²) in [5.74, 6) is 3.28. The van der Waals surface area contributed by atoms with E-state index in [-0.39, 0.29) is 12.9 Å². The van der Waals surface area contributed by atoms with E-state index < -0.39 is 0 Å². The van der Waals surface area contributed by atoms with Gasteiger partial charge in [-0.1, -0.05) is 12.1 Å². The third kappa shape index (κ3) is 4.64. The van der Waals surface area contributed by atoms with Crippen molar-refractivity contribution in [3.05, 3.63) is 64.9 Å². The van der Waals surface area contributed by atoms with Gasteiger partial charge in [-0.15, -0.1) is 0 Å². The smallest absolute Gasteiger partial charge is 0.231 e. The Morgan fingerprint density at radius 2 is 1.84 bits per heavy atom. The molecule has 0 radical (unpaired) electrons. The zero-order valence-electron chi connectivity index (χ0n) is 18.2. The van der Waals surface area contributed by atoms with Crippen LogP contribution in [0.25, 0.3) is 0 Å². The van der Waals surface area contributed by atoms with Crippen LogP contribution < -0.4 is 23.8 Å². The standard InChI is InChI=1S/C25H28N2O4S/c1-28-23-5-3-2-4-21(23)27-13-11-26(12-14-27)10-8-22(19-9-15-32-17-19)31-20-6-7-24-25(16-20)30-18-29-24/h2-7,9,15-17,22H,8,10-14,18H2,1H3. The highest BCUT2D eigenvalue weighted by molar-refractivity contribution is 7.07. The predicted octanol–water partition coefficient (Wildman–Crippen LogP) is 4.82. The van der Waals surface area contributed by atoms with Crippen molar-refractivity contribution in [3.63, 3.8) is 0 Å². The lowest BCUT2D eigenvalue weighted by Crippen LogP contribution is -2.47. The van der Waals surface area contributed by atoms with E-state index in [1.165, 1.54) is 11.3 Å². The summed E-state index contributed by atoms with van der Waals surface area (Å²) in [6, 6.07) is 16.2. The number of para-hydroxylation sites is 2. The van der Waals surface area contributed by atoms with Crippen LogP contribution in [-0.4, -0.2) is 51.5 Å². The molecule has 1 aromatic heterocycles. The summed E-state index contributed by atoms with van der Waals surface area (Å²) in [6.07, 6.45) is 0.939. The number of thiophene rings is 1. The van der Waals surface area contributed by atoms with Gasteiger partial charge in [0.15, 0.2) is 11.5 Å². The number of rotatable bonds is 8. The van der Waals surface area contributed by atoms with Crippen LogP contribution >= 0.6 is 11.3 Å². The summed E-state index contributed by atoms with van der Waals surface area (Å²) in [4.78, 5) is 4.93. The molecule has 7 heteroatoms. The summed E-state index contributed by atoms with van der Waals surface area (Å²) in [5, 5.41) is 4.29. The molecule has 168 valence electrons. The Morgan fingerprint density at radius 1 is 1.00 bits per heavy atom. The third-order valence-corrected chi connectivity index (χ3v) is 6.74. The Kier molecular flexibility index (Phi) is 6.36. The molecule has 0 aliphatic carbocycles. The molecule has 32 heavy (non-hydrogen) atoms. The Hall–Kier alpha value is -2.90. The molecule has 3 heterocycles. The van der Waals surface area contributed by atoms with E-state index in [0.29, 0.717) is 0 Å². The first-order valence-electron chi connectivity index (χ1n) is 11.0. The lowest BCUT2D eigenvalue weighted by atomic mass is 10.1. The largest absolute Gasteiger partial charge is 0.495 e. The Morgan fingerprint density at radius 3 is 2.66 bits per heavy atom. The lowest BCUT2D eigenvalue weighted by molar-refractivity contribution is 0.159. The minimum atomic E-state index is 0.00821. The van der Waals surface area contributed by atoms with Crippen molar-refractivity contribution in [2.24, 2.45) is 0 Å². The second-order valence-electron chi connectivity index (χ2n) is 7.97. The number of piperazine rings is 1. The van der Waals surface area contributed by atoms with Gasteiger partial charge in [0.25, 0.3) is 0 Å². The molecule has 2 aliphatic heterocycles. The molecule has 2 aromatic carbocycles. The summed E-state index contributed by atoms with van der Waals surface area (Å²) in [7, 11) is 1.74. The van der Waals surface area contributed by atoms with Crippen molar-refractivity contribution in [2.75, 3.05) is 51.5 Å². The van der Waals surface area contributed by atoms with Gasteiger partial charge < -0.3 is 23.8 Å². The first kappa shape index (κ1) is 21.0. The van der Waals surface area contributed by atoms with Crippen LogP contribution in [0.3, 0.4) is 0 Å². The summed E-state index contributed by atoms with van der Waals surface area (Å²) in [6.45, 7) is 5.30. The monoisotopic (exact) mass is 452 g/mol. The molecule has 2 aliphatic rings. The fourth-order valence-electron chi connectivity index (χ4n) is 4.27. The maximum absolute atomic E-state index is 6.41. The Bertz CT molecular complexity index is 1020. The molecule has 0 spiro atoms. The molecule has 5 rings (SSSR count). The Labute approximate surface area is 192 Å². The second-order valence-corrected chi connectivity index (χ2v) is 8.75. The number of benzene rings is 2. The van der Waals surface area contributed by atoms with Crippen LogP contribution in [0.15, 0.2) is 59.3 Å². The number of hydrogen-bond acceptors (Lipinski definition) is 7. The van der Waals surface area contributed by atoms with E-state index in [0.717, 1.165) is 62.1 Å². The number of fused-ring (bicyclic) bond motifs is 1. The molecule has 1 fully saturated rings. The van der Waals surface area contributed by atoms with Gasteiger partial charge in [-0.05, 0) is 41.1 Å². The van der Waals surface area contributed by atoms with Crippen LogP contribution in [0.5, 0.6) is 23.0 Å². The van der Waals surface area contributed by atoms with E-state index in [2.05, 4.69) is 38.8 Å². The summed E-state index contributed by atoms with van der Waals surface area (Å²) >= 11 is 1.70. The number of hydrogen-bond donors (Lipinski definition) is 0. The number of nitrogens with zero attached hydrogens (tertiary/aromatic N) is 2. The maximum atomic E-state index is 6.41. The number of methoxy groups -OCH3 is 1. The normalized spacial score (nSPS) is 16.7. The van der Waals surface area contributed by atoms with E-state index in [4.69, 9.17) is 18.9 Å². The minimum absolute atomic E-state index is 0.00821. The fourth-order valence-corrected chi connectivity index (χ4v) is 4.97. The van der Waals surface area contributed by atoms with Gasteiger partial charge in [0.2, 0.25) is 6.79 Å². The molecule has 3 aromatic rings. The van der Waals surface area contributed by atoms with Crippen molar-refractivity contribution < 1.29 is 18.9 Å². The van der Waals surface area contributed by atoms with Crippen LogP contribution in [0, 0.1) is 0 Å². The molecule has 1 atom stereocenters. The quantitative estimate of drug-likeness (QED) is 0.488. The highest BCUT2D eigenvalue weighted by Gasteiger charge is 2.22. The van der Waals surface area contributed by atoms with Crippen LogP contribution in [0.1, 0.15) is 18.1 Å². The first-order valence-corrected chi connectivity index (χ1v) is 11.9. The van der Waals surface area contributed by atoms with Crippen molar-refractivity contribution >= 4 is 17.0 Å². The lowest BCUT2D eigenvalue weighted by Gasteiger charge is -2.37. The minimum Gasteiger partial charge on any atom is -0.495 e. The third-order valence-electron chi connectivity index (χ3n) is 6.04. The van der Waals surface area contributed by atoms with Crippen molar-refractivity contribution in [1.29, 1.82) is 0 Å². The van der Waals surface area contributed by atoms with Crippen molar-refractivity contribution in [3.8, 4) is 23.0 Å². The van der Waals surface area contributed by atoms with E-state index in [9.17, 15) is 0 Å². The van der Waals surface area contributed by atoms with Crippen LogP contribution in [0.2, 0.25) is 0 Å². The molecule has 6 nitrogen and oxygen atoms in total. The van der Waals surface area contributed by atoms with Gasteiger partial charge in [-0.2, -0.15) is 11.3 Å². The molecule has 0 bridgehead atoms. The predicted molar refractivity (Wildman–Crippen MR) is 127 cm³/mol. The summed E-state index contributed by atoms with van der Waals surface area (Å²) in [5.41, 5.74) is 2.40. The van der Waals surface area contributed by atoms with E-state index >= 15 is 0 Å². The average molecular weight is 453 g/mol. The molecule has 1 unspecified atom stereocenters. The Balaban J connectivity index is 1.19. The topological polar surface area (TPSA) is 43.4 Å². The van der Waals surface area contributed by atoms with E-state index in [1.807, 2.05) is 30.3 Å². The molecule has 0 N–H and O–H groups in total. The molecule has 0 amide bonds. The molecule has 0 saturated carbocycles. The van der Waals surface area contributed by atoms with Gasteiger partial charge in [0.1, 0.15) is 17.6 Å². The van der Waals surface area contributed by atoms with E-state index in [1.54, 1.807) is 18.4 Å². The van der Waals surface area contributed by atoms with Gasteiger partial charge in [-0.25, -0.2) is 0 Å². The van der Waals surface area contributed by atoms with Crippen LogP contribution in [0.4, 0.5) is 5.69 Å². The van der Waals surface area contributed by atoms with Gasteiger partial charge in [-0.3, -0.25) is 4.90 Å². The van der Waals surface area contributed by atoms with Crippen molar-refractivity contribution in [1.82, 2.24) is 4.90 Å². The molecular formula is C25H28N2O4S.